The number of carbonyl (C=O) groups excluding carboxylic acids is 1. The molecule has 27 heavy (non-hydrogen) atoms. The Labute approximate surface area is 162 Å². The van der Waals surface area contributed by atoms with E-state index in [1.807, 2.05) is 30.3 Å². The van der Waals surface area contributed by atoms with Crippen LogP contribution in [0.1, 0.15) is 13.3 Å². The molecule has 0 spiro atoms. The lowest BCUT2D eigenvalue weighted by Gasteiger charge is -2.42. The Balaban J connectivity index is 1.55. The van der Waals surface area contributed by atoms with Gasteiger partial charge in [-0.3, -0.25) is 4.79 Å². The smallest absolute Gasteiger partial charge is 0.260 e. The number of halogens is 2. The molecule has 0 radical (unpaired) electrons. The minimum absolute atomic E-state index is 0.0678. The molecular weight excluding hydrogens is 373 g/mol. The van der Waals surface area contributed by atoms with E-state index in [9.17, 15) is 14.3 Å². The van der Waals surface area contributed by atoms with Gasteiger partial charge >= 0.3 is 0 Å². The van der Waals surface area contributed by atoms with Gasteiger partial charge in [-0.15, -0.1) is 0 Å². The summed E-state index contributed by atoms with van der Waals surface area (Å²) in [5.74, 6) is 0.170. The van der Waals surface area contributed by atoms with Crippen molar-refractivity contribution < 1.29 is 23.8 Å². The van der Waals surface area contributed by atoms with E-state index in [0.717, 1.165) is 0 Å². The van der Waals surface area contributed by atoms with Crippen LogP contribution in [0.3, 0.4) is 0 Å². The van der Waals surface area contributed by atoms with Crippen molar-refractivity contribution in [2.45, 2.75) is 25.0 Å². The molecule has 0 aromatic heterocycles. The lowest BCUT2D eigenvalue weighted by Crippen LogP contribution is -2.59. The average Bonchev–Trinajstić information content (AvgIpc) is 2.64. The maximum absolute atomic E-state index is 13.2. The van der Waals surface area contributed by atoms with Gasteiger partial charge in [0.2, 0.25) is 0 Å². The number of likely N-dealkylation sites (tertiary alicyclic amines) is 1. The Morgan fingerprint density at radius 3 is 2.70 bits per heavy atom. The Morgan fingerprint density at radius 1 is 1.30 bits per heavy atom. The van der Waals surface area contributed by atoms with Crippen molar-refractivity contribution in [1.82, 2.24) is 4.90 Å². The quantitative estimate of drug-likeness (QED) is 0.846. The molecule has 1 saturated heterocycles. The van der Waals surface area contributed by atoms with Crippen LogP contribution in [0.25, 0.3) is 0 Å². The molecule has 0 bridgehead atoms. The van der Waals surface area contributed by atoms with E-state index in [1.54, 1.807) is 6.92 Å². The third-order valence-corrected chi connectivity index (χ3v) is 4.78. The molecule has 2 aromatic rings. The topological polar surface area (TPSA) is 59.0 Å². The number of β-amino-alcohol motifs (C(OH)–C–C–N with tert-alkyl or cyclic N) is 1. The number of rotatable bonds is 5. The Morgan fingerprint density at radius 2 is 2.04 bits per heavy atom. The normalized spacial score (nSPS) is 22.4. The largest absolute Gasteiger partial charge is 0.487 e. The van der Waals surface area contributed by atoms with Gasteiger partial charge in [-0.1, -0.05) is 29.8 Å². The van der Waals surface area contributed by atoms with E-state index in [2.05, 4.69) is 0 Å². The zero-order valence-electron chi connectivity index (χ0n) is 14.9. The van der Waals surface area contributed by atoms with Crippen LogP contribution in [0.5, 0.6) is 11.5 Å². The van der Waals surface area contributed by atoms with Gasteiger partial charge < -0.3 is 19.5 Å². The second kappa shape index (κ2) is 8.15. The van der Waals surface area contributed by atoms with Crippen molar-refractivity contribution in [1.29, 1.82) is 0 Å². The summed E-state index contributed by atoms with van der Waals surface area (Å²) in [7, 11) is 0. The number of aliphatic hydroxyl groups is 1. The summed E-state index contributed by atoms with van der Waals surface area (Å²) >= 11 is 5.70. The lowest BCUT2D eigenvalue weighted by atomic mass is 9.91. The molecule has 5 nitrogen and oxygen atoms in total. The number of amides is 1. The first-order chi connectivity index (χ1) is 12.8. The first kappa shape index (κ1) is 19.5. The minimum Gasteiger partial charge on any atom is -0.487 e. The minimum atomic E-state index is -1.19. The maximum atomic E-state index is 13.2. The van der Waals surface area contributed by atoms with Gasteiger partial charge in [0.1, 0.15) is 29.0 Å². The number of carbonyl (C=O) groups is 1. The van der Waals surface area contributed by atoms with E-state index in [0.29, 0.717) is 24.5 Å². The second-order valence-corrected chi connectivity index (χ2v) is 7.15. The predicted molar refractivity (Wildman–Crippen MR) is 99.6 cm³/mol. The van der Waals surface area contributed by atoms with E-state index in [4.69, 9.17) is 21.1 Å². The Kier molecular flexibility index (Phi) is 5.87. The van der Waals surface area contributed by atoms with Crippen LogP contribution >= 0.6 is 11.6 Å². The Bertz CT molecular complexity index is 800. The zero-order chi connectivity index (χ0) is 19.4. The molecular formula is C20H21ClFNO4. The second-order valence-electron chi connectivity index (χ2n) is 6.75. The number of nitrogens with zero attached hydrogens (tertiary/aromatic N) is 1. The summed E-state index contributed by atoms with van der Waals surface area (Å²) < 4.78 is 24.4. The van der Waals surface area contributed by atoms with Crippen molar-refractivity contribution in [3.8, 4) is 11.5 Å². The van der Waals surface area contributed by atoms with Gasteiger partial charge in [0, 0.05) is 19.0 Å². The third-order valence-electron chi connectivity index (χ3n) is 4.49. The van der Waals surface area contributed by atoms with Crippen molar-refractivity contribution in [2.75, 3.05) is 19.7 Å². The molecule has 1 aliphatic heterocycles. The fourth-order valence-electron chi connectivity index (χ4n) is 3.02. The molecule has 144 valence electrons. The van der Waals surface area contributed by atoms with E-state index in [-0.39, 0.29) is 24.1 Å². The van der Waals surface area contributed by atoms with Crippen LogP contribution in [0.2, 0.25) is 5.02 Å². The molecule has 0 unspecified atom stereocenters. The number of piperidine rings is 1. The van der Waals surface area contributed by atoms with Gasteiger partial charge in [-0.2, -0.15) is 0 Å². The molecule has 1 amide bonds. The van der Waals surface area contributed by atoms with Crippen LogP contribution in [0.4, 0.5) is 4.39 Å². The fraction of sp³-hybridized carbons (Fsp3) is 0.350. The number of benzene rings is 2. The Hall–Kier alpha value is -2.31. The number of ether oxygens (including phenoxy) is 2. The van der Waals surface area contributed by atoms with Gasteiger partial charge in [0.25, 0.3) is 5.91 Å². The van der Waals surface area contributed by atoms with Crippen LogP contribution < -0.4 is 9.47 Å². The highest BCUT2D eigenvalue weighted by Crippen LogP contribution is 2.27. The molecule has 2 aromatic carbocycles. The van der Waals surface area contributed by atoms with E-state index >= 15 is 0 Å². The van der Waals surface area contributed by atoms with Crippen molar-refractivity contribution in [2.24, 2.45) is 0 Å². The number of hydrogen-bond donors (Lipinski definition) is 1. The monoisotopic (exact) mass is 393 g/mol. The SMILES string of the molecule is C[C@]1(O)CN(C(=O)COc2ccc(F)c(Cl)c2)CC[C@@H]1Oc1ccccc1. The first-order valence-electron chi connectivity index (χ1n) is 8.65. The number of hydrogen-bond acceptors (Lipinski definition) is 4. The summed E-state index contributed by atoms with van der Waals surface area (Å²) in [5.41, 5.74) is -1.19. The van der Waals surface area contributed by atoms with Crippen molar-refractivity contribution in [3.63, 3.8) is 0 Å². The van der Waals surface area contributed by atoms with Crippen LogP contribution in [-0.2, 0) is 4.79 Å². The summed E-state index contributed by atoms with van der Waals surface area (Å²) in [6.07, 6.45) is 0.0801. The molecule has 1 aliphatic rings. The van der Waals surface area contributed by atoms with Gasteiger partial charge in [-0.05, 0) is 31.2 Å². The molecule has 3 rings (SSSR count). The highest BCUT2D eigenvalue weighted by Gasteiger charge is 2.41. The zero-order valence-corrected chi connectivity index (χ0v) is 15.7. The van der Waals surface area contributed by atoms with E-state index < -0.39 is 17.5 Å². The van der Waals surface area contributed by atoms with Gasteiger partial charge in [0.15, 0.2) is 6.61 Å². The molecule has 2 atom stereocenters. The molecule has 7 heteroatoms. The summed E-state index contributed by atoms with van der Waals surface area (Å²) in [6.45, 7) is 2.01. The molecule has 1 heterocycles. The van der Waals surface area contributed by atoms with Crippen LogP contribution in [0.15, 0.2) is 48.5 Å². The highest BCUT2D eigenvalue weighted by atomic mass is 35.5. The molecule has 0 saturated carbocycles. The van der Waals surface area contributed by atoms with Gasteiger partial charge in [0.05, 0.1) is 11.6 Å². The van der Waals surface area contributed by atoms with Crippen LogP contribution in [0, 0.1) is 5.82 Å². The lowest BCUT2D eigenvalue weighted by molar-refractivity contribution is -0.147. The first-order valence-corrected chi connectivity index (χ1v) is 9.03. The predicted octanol–water partition coefficient (Wildman–Crippen LogP) is 3.29. The average molecular weight is 394 g/mol. The standard InChI is InChI=1S/C20H21ClFNO4/c1-20(25)13-23(10-9-18(20)27-14-5-3-2-4-6-14)19(24)12-26-15-7-8-17(22)16(21)11-15/h2-8,11,18,25H,9-10,12-13H2,1H3/t18-,20-/m0/s1. The van der Waals surface area contributed by atoms with Crippen molar-refractivity contribution >= 4 is 17.5 Å². The summed E-state index contributed by atoms with van der Waals surface area (Å²) in [5, 5.41) is 10.7. The fourth-order valence-corrected chi connectivity index (χ4v) is 3.19. The van der Waals surface area contributed by atoms with Crippen LogP contribution in [-0.4, -0.2) is 47.3 Å². The molecule has 0 aliphatic carbocycles. The highest BCUT2D eigenvalue weighted by molar-refractivity contribution is 6.30. The van der Waals surface area contributed by atoms with E-state index in [1.165, 1.54) is 23.1 Å². The maximum Gasteiger partial charge on any atom is 0.260 e. The third kappa shape index (κ3) is 4.90. The summed E-state index contributed by atoms with van der Waals surface area (Å²) in [4.78, 5) is 14.0. The summed E-state index contributed by atoms with van der Waals surface area (Å²) in [6, 6.07) is 13.2. The molecule has 1 N–H and O–H groups in total. The van der Waals surface area contributed by atoms with Crippen molar-refractivity contribution in [3.05, 3.63) is 59.4 Å². The molecule has 1 fully saturated rings. The number of para-hydroxylation sites is 1. The van der Waals surface area contributed by atoms with Gasteiger partial charge in [-0.25, -0.2) is 4.39 Å².